The molecule has 0 aromatic heterocycles. The first-order chi connectivity index (χ1) is 9.85. The van der Waals surface area contributed by atoms with E-state index in [1.54, 1.807) is 13.8 Å². The zero-order valence-electron chi connectivity index (χ0n) is 11.9. The molecule has 0 saturated heterocycles. The molecule has 116 valence electrons. The quantitative estimate of drug-likeness (QED) is 0.847. The number of nitrogens with zero attached hydrogens (tertiary/aromatic N) is 1. The second kappa shape index (κ2) is 7.56. The number of carboxylic acid groups (broad SMARTS) is 1. The molecule has 5 nitrogen and oxygen atoms in total. The molecule has 2 amide bonds. The molecule has 1 rings (SSSR count). The summed E-state index contributed by atoms with van der Waals surface area (Å²) in [5.41, 5.74) is 0.421. The summed E-state index contributed by atoms with van der Waals surface area (Å²) in [6.07, 6.45) is -0.160. The SMILES string of the molecule is CCN(C(=O)NCc1ccc(F)c(F)c1)C(C)CC(=O)O. The normalized spacial score (nSPS) is 11.8. The Hall–Kier alpha value is -2.18. The molecule has 0 radical (unpaired) electrons. The van der Waals surface area contributed by atoms with Crippen molar-refractivity contribution in [3.8, 4) is 0 Å². The second-order valence-electron chi connectivity index (χ2n) is 4.64. The number of halogens is 2. The number of carboxylic acids is 1. The third-order valence-corrected chi connectivity index (χ3v) is 3.03. The van der Waals surface area contributed by atoms with Crippen molar-refractivity contribution in [2.45, 2.75) is 32.9 Å². The summed E-state index contributed by atoms with van der Waals surface area (Å²) in [6, 6.07) is 2.46. The van der Waals surface area contributed by atoms with Crippen molar-refractivity contribution in [2.75, 3.05) is 6.54 Å². The topological polar surface area (TPSA) is 69.6 Å². The predicted molar refractivity (Wildman–Crippen MR) is 72.7 cm³/mol. The fourth-order valence-electron chi connectivity index (χ4n) is 1.95. The number of carbonyl (C=O) groups excluding carboxylic acids is 1. The van der Waals surface area contributed by atoms with E-state index in [4.69, 9.17) is 5.11 Å². The van der Waals surface area contributed by atoms with Gasteiger partial charge in [-0.15, -0.1) is 0 Å². The van der Waals surface area contributed by atoms with Gasteiger partial charge in [0.15, 0.2) is 11.6 Å². The van der Waals surface area contributed by atoms with Crippen LogP contribution in [0.5, 0.6) is 0 Å². The lowest BCUT2D eigenvalue weighted by Crippen LogP contribution is -2.45. The standard InChI is InChI=1S/C14H18F2N2O3/c1-3-18(9(2)6-13(19)20)14(21)17-8-10-4-5-11(15)12(16)7-10/h4-5,7,9H,3,6,8H2,1-2H3,(H,17,21)(H,19,20). The highest BCUT2D eigenvalue weighted by Gasteiger charge is 2.20. The van der Waals surface area contributed by atoms with E-state index in [9.17, 15) is 18.4 Å². The van der Waals surface area contributed by atoms with Gasteiger partial charge < -0.3 is 15.3 Å². The summed E-state index contributed by atoms with van der Waals surface area (Å²) in [6.45, 7) is 3.74. The largest absolute Gasteiger partial charge is 0.481 e. The Labute approximate surface area is 121 Å². The highest BCUT2D eigenvalue weighted by molar-refractivity contribution is 5.75. The molecule has 2 N–H and O–H groups in total. The zero-order valence-corrected chi connectivity index (χ0v) is 11.9. The van der Waals surface area contributed by atoms with E-state index < -0.39 is 29.7 Å². The van der Waals surface area contributed by atoms with Gasteiger partial charge in [-0.05, 0) is 31.5 Å². The summed E-state index contributed by atoms with van der Waals surface area (Å²) in [7, 11) is 0. The minimum atomic E-state index is -0.991. The average molecular weight is 300 g/mol. The number of hydrogen-bond acceptors (Lipinski definition) is 2. The third-order valence-electron chi connectivity index (χ3n) is 3.03. The maximum Gasteiger partial charge on any atom is 0.317 e. The third kappa shape index (κ3) is 5.02. The van der Waals surface area contributed by atoms with Gasteiger partial charge in [0.05, 0.1) is 6.42 Å². The molecule has 0 aliphatic carbocycles. The van der Waals surface area contributed by atoms with Gasteiger partial charge in [0.25, 0.3) is 0 Å². The Balaban J connectivity index is 2.61. The minimum absolute atomic E-state index is 0.0341. The molecular formula is C14H18F2N2O3. The van der Waals surface area contributed by atoms with Gasteiger partial charge in [-0.25, -0.2) is 13.6 Å². The fourth-order valence-corrected chi connectivity index (χ4v) is 1.95. The van der Waals surface area contributed by atoms with E-state index in [0.717, 1.165) is 12.1 Å². The molecule has 1 aromatic rings. The van der Waals surface area contributed by atoms with Crippen LogP contribution in [0, 0.1) is 11.6 Å². The number of hydrogen-bond donors (Lipinski definition) is 2. The van der Waals surface area contributed by atoms with E-state index in [0.29, 0.717) is 12.1 Å². The van der Waals surface area contributed by atoms with Crippen LogP contribution in [0.3, 0.4) is 0 Å². The Kier molecular flexibility index (Phi) is 6.08. The molecule has 1 unspecified atom stereocenters. The zero-order chi connectivity index (χ0) is 16.0. The molecule has 0 aliphatic rings. The van der Waals surface area contributed by atoms with Crippen LogP contribution in [0.1, 0.15) is 25.8 Å². The van der Waals surface area contributed by atoms with E-state index >= 15 is 0 Å². The summed E-state index contributed by atoms with van der Waals surface area (Å²) in [5, 5.41) is 11.3. The van der Waals surface area contributed by atoms with Gasteiger partial charge in [-0.3, -0.25) is 4.79 Å². The highest BCUT2D eigenvalue weighted by Crippen LogP contribution is 2.09. The monoisotopic (exact) mass is 300 g/mol. The van der Waals surface area contributed by atoms with Crippen LogP contribution in [0.25, 0.3) is 0 Å². The maximum absolute atomic E-state index is 13.0. The Morgan fingerprint density at radius 1 is 1.33 bits per heavy atom. The molecular weight excluding hydrogens is 282 g/mol. The van der Waals surface area contributed by atoms with E-state index in [-0.39, 0.29) is 13.0 Å². The Morgan fingerprint density at radius 3 is 2.52 bits per heavy atom. The number of nitrogens with one attached hydrogen (secondary N) is 1. The molecule has 0 saturated carbocycles. The van der Waals surface area contributed by atoms with Crippen LogP contribution in [0.4, 0.5) is 13.6 Å². The van der Waals surface area contributed by atoms with Crippen LogP contribution >= 0.6 is 0 Å². The molecule has 0 aliphatic heterocycles. The fraction of sp³-hybridized carbons (Fsp3) is 0.429. The van der Waals surface area contributed by atoms with Crippen LogP contribution < -0.4 is 5.32 Å². The van der Waals surface area contributed by atoms with Crippen molar-refractivity contribution in [2.24, 2.45) is 0 Å². The van der Waals surface area contributed by atoms with Crippen molar-refractivity contribution >= 4 is 12.0 Å². The number of rotatable bonds is 6. The Morgan fingerprint density at radius 2 is 2.00 bits per heavy atom. The van der Waals surface area contributed by atoms with Crippen molar-refractivity contribution < 1.29 is 23.5 Å². The first kappa shape index (κ1) is 16.9. The minimum Gasteiger partial charge on any atom is -0.481 e. The number of amides is 2. The molecule has 0 spiro atoms. The molecule has 1 atom stereocenters. The average Bonchev–Trinajstić information content (AvgIpc) is 2.40. The van der Waals surface area contributed by atoms with E-state index in [1.165, 1.54) is 11.0 Å². The molecule has 0 heterocycles. The highest BCUT2D eigenvalue weighted by atomic mass is 19.2. The summed E-state index contributed by atoms with van der Waals surface area (Å²) < 4.78 is 25.8. The number of aliphatic carboxylic acids is 1. The molecule has 1 aromatic carbocycles. The number of carbonyl (C=O) groups is 2. The summed E-state index contributed by atoms with van der Waals surface area (Å²) in [4.78, 5) is 24.0. The molecule has 0 bridgehead atoms. The lowest BCUT2D eigenvalue weighted by Gasteiger charge is -2.27. The number of benzene rings is 1. The van der Waals surface area contributed by atoms with Gasteiger partial charge in [0, 0.05) is 19.1 Å². The lowest BCUT2D eigenvalue weighted by atomic mass is 10.2. The first-order valence-corrected chi connectivity index (χ1v) is 6.55. The van der Waals surface area contributed by atoms with E-state index in [2.05, 4.69) is 5.32 Å². The smallest absolute Gasteiger partial charge is 0.317 e. The molecule has 21 heavy (non-hydrogen) atoms. The Bertz CT molecular complexity index is 523. The number of urea groups is 1. The van der Waals surface area contributed by atoms with Gasteiger partial charge >= 0.3 is 12.0 Å². The molecule has 7 heteroatoms. The van der Waals surface area contributed by atoms with Crippen LogP contribution in [0.15, 0.2) is 18.2 Å². The lowest BCUT2D eigenvalue weighted by molar-refractivity contribution is -0.138. The van der Waals surface area contributed by atoms with Crippen molar-refractivity contribution in [3.05, 3.63) is 35.4 Å². The van der Waals surface area contributed by atoms with Crippen molar-refractivity contribution in [1.82, 2.24) is 10.2 Å². The predicted octanol–water partition coefficient (Wildman–Crippen LogP) is 2.36. The van der Waals surface area contributed by atoms with Crippen LogP contribution in [-0.4, -0.2) is 34.6 Å². The van der Waals surface area contributed by atoms with Gasteiger partial charge in [0.1, 0.15) is 0 Å². The van der Waals surface area contributed by atoms with Gasteiger partial charge in [0.2, 0.25) is 0 Å². The van der Waals surface area contributed by atoms with Gasteiger partial charge in [-0.1, -0.05) is 6.07 Å². The van der Waals surface area contributed by atoms with E-state index in [1.807, 2.05) is 0 Å². The second-order valence-corrected chi connectivity index (χ2v) is 4.64. The van der Waals surface area contributed by atoms with Crippen LogP contribution in [0.2, 0.25) is 0 Å². The van der Waals surface area contributed by atoms with Crippen molar-refractivity contribution in [3.63, 3.8) is 0 Å². The summed E-state index contributed by atoms with van der Waals surface area (Å²) in [5.74, 6) is -2.92. The van der Waals surface area contributed by atoms with Crippen molar-refractivity contribution in [1.29, 1.82) is 0 Å². The summed E-state index contributed by atoms with van der Waals surface area (Å²) >= 11 is 0. The van der Waals surface area contributed by atoms with Gasteiger partial charge in [-0.2, -0.15) is 0 Å². The first-order valence-electron chi connectivity index (χ1n) is 6.55. The molecule has 0 fully saturated rings. The maximum atomic E-state index is 13.0. The van der Waals surface area contributed by atoms with Crippen LogP contribution in [-0.2, 0) is 11.3 Å².